The van der Waals surface area contributed by atoms with Crippen LogP contribution in [0.25, 0.3) is 0 Å². The van der Waals surface area contributed by atoms with Gasteiger partial charge in [-0.3, -0.25) is 29.1 Å². The topological polar surface area (TPSA) is 163 Å². The van der Waals surface area contributed by atoms with Crippen LogP contribution in [0.3, 0.4) is 0 Å². The Kier molecular flexibility index (Phi) is 6.55. The first-order chi connectivity index (χ1) is 14.6. The summed E-state index contributed by atoms with van der Waals surface area (Å²) in [6, 6.07) is 0. The van der Waals surface area contributed by atoms with Crippen molar-refractivity contribution in [2.75, 3.05) is 23.8 Å². The Balaban J connectivity index is 2.00. The molecule has 0 amide bonds. The van der Waals surface area contributed by atoms with Crippen molar-refractivity contribution in [3.05, 3.63) is 22.0 Å². The van der Waals surface area contributed by atoms with Crippen molar-refractivity contribution in [3.63, 3.8) is 0 Å². The summed E-state index contributed by atoms with van der Waals surface area (Å²) >= 11 is 1.06. The van der Waals surface area contributed by atoms with Gasteiger partial charge in [-0.05, 0) is 0 Å². The van der Waals surface area contributed by atoms with Crippen molar-refractivity contribution in [3.8, 4) is 0 Å². The highest BCUT2D eigenvalue weighted by atomic mass is 32.2. The Morgan fingerprint density at radius 1 is 1.19 bits per heavy atom. The number of esters is 3. The molecule has 1 saturated heterocycles. The van der Waals surface area contributed by atoms with Crippen LogP contribution in [0.4, 0.5) is 11.8 Å². The van der Waals surface area contributed by atoms with Gasteiger partial charge in [0.05, 0.1) is 10.9 Å². The van der Waals surface area contributed by atoms with E-state index in [0.29, 0.717) is 5.03 Å². The van der Waals surface area contributed by atoms with Gasteiger partial charge in [-0.2, -0.15) is 4.98 Å². The number of thioether (sulfide) groups is 1. The summed E-state index contributed by atoms with van der Waals surface area (Å²) in [6.07, 6.45) is -2.72. The number of nitrogen functional groups attached to an aromatic ring is 1. The normalized spacial score (nSPS) is 24.6. The van der Waals surface area contributed by atoms with Crippen LogP contribution in [0, 0.1) is 5.92 Å². The van der Waals surface area contributed by atoms with E-state index in [-0.39, 0.29) is 29.9 Å². The summed E-state index contributed by atoms with van der Waals surface area (Å²) in [5, 5.41) is 0.389. The average Bonchev–Trinajstić information content (AvgIpc) is 3.14. The van der Waals surface area contributed by atoms with Crippen LogP contribution in [-0.4, -0.2) is 59.5 Å². The Labute approximate surface area is 181 Å². The molecule has 12 nitrogen and oxygen atoms in total. The van der Waals surface area contributed by atoms with Crippen LogP contribution in [0.2, 0.25) is 0 Å². The second-order valence-electron chi connectivity index (χ2n) is 6.88. The SMILES string of the molecule is C=C1Sc2c(nc(N)[nH]c2=O)N1[C@@H]1O[C@H](COC(C)=O)[C@@H](COC(C)=O)[C@H]1OC(C)=O. The predicted octanol–water partition coefficient (Wildman–Crippen LogP) is 0.134. The van der Waals surface area contributed by atoms with Gasteiger partial charge in [0.15, 0.2) is 18.1 Å². The number of rotatable bonds is 6. The van der Waals surface area contributed by atoms with Crippen molar-refractivity contribution < 1.29 is 33.3 Å². The standard InChI is InChI=1S/C18H22N4O8S/c1-7-22(15-14(31-7)16(26)21-18(19)20-15)17-13(29-10(4)25)11(5-27-8(2)23)12(30-17)6-28-9(3)24/h11-13,17H,1,5-6H2,2-4H3,(H3,19,20,21,26)/t11-,12-,13-,17-/m1/s1. The molecule has 13 heteroatoms. The average molecular weight is 454 g/mol. The van der Waals surface area contributed by atoms with Crippen molar-refractivity contribution >= 4 is 41.4 Å². The molecule has 0 bridgehead atoms. The second kappa shape index (κ2) is 8.98. The summed E-state index contributed by atoms with van der Waals surface area (Å²) < 4.78 is 21.8. The number of carbonyl (C=O) groups is 3. The lowest BCUT2D eigenvalue weighted by atomic mass is 9.98. The summed E-state index contributed by atoms with van der Waals surface area (Å²) in [7, 11) is 0. The molecule has 0 radical (unpaired) electrons. The van der Waals surface area contributed by atoms with Gasteiger partial charge >= 0.3 is 17.9 Å². The summed E-state index contributed by atoms with van der Waals surface area (Å²) in [4.78, 5) is 55.2. The third-order valence-corrected chi connectivity index (χ3v) is 5.58. The maximum absolute atomic E-state index is 12.3. The van der Waals surface area contributed by atoms with E-state index in [1.807, 2.05) is 0 Å². The largest absolute Gasteiger partial charge is 0.465 e. The van der Waals surface area contributed by atoms with Crippen LogP contribution in [0.5, 0.6) is 0 Å². The molecule has 31 heavy (non-hydrogen) atoms. The highest BCUT2D eigenvalue weighted by Crippen LogP contribution is 2.46. The number of aromatic nitrogens is 2. The van der Waals surface area contributed by atoms with Crippen molar-refractivity contribution in [1.82, 2.24) is 9.97 Å². The first-order valence-corrected chi connectivity index (χ1v) is 10.0. The van der Waals surface area contributed by atoms with Crippen molar-refractivity contribution in [2.45, 2.75) is 44.1 Å². The van der Waals surface area contributed by atoms with E-state index in [9.17, 15) is 19.2 Å². The fourth-order valence-electron chi connectivity index (χ4n) is 3.37. The van der Waals surface area contributed by atoms with Crippen LogP contribution in [0.1, 0.15) is 20.8 Å². The van der Waals surface area contributed by atoms with Crippen LogP contribution < -0.4 is 16.2 Å². The molecule has 3 rings (SSSR count). The van der Waals surface area contributed by atoms with Crippen molar-refractivity contribution in [2.24, 2.45) is 5.92 Å². The number of H-pyrrole nitrogens is 1. The maximum atomic E-state index is 12.3. The van der Waals surface area contributed by atoms with Gasteiger partial charge in [0, 0.05) is 20.8 Å². The molecule has 2 aliphatic rings. The van der Waals surface area contributed by atoms with E-state index in [0.717, 1.165) is 11.8 Å². The highest BCUT2D eigenvalue weighted by molar-refractivity contribution is 8.03. The van der Waals surface area contributed by atoms with E-state index < -0.39 is 47.8 Å². The van der Waals surface area contributed by atoms with Crippen LogP contribution in [-0.2, 0) is 33.3 Å². The van der Waals surface area contributed by atoms with Crippen LogP contribution >= 0.6 is 11.8 Å². The van der Waals surface area contributed by atoms with Crippen molar-refractivity contribution in [1.29, 1.82) is 0 Å². The summed E-state index contributed by atoms with van der Waals surface area (Å²) in [5.41, 5.74) is 5.24. The molecule has 3 N–H and O–H groups in total. The molecule has 168 valence electrons. The maximum Gasteiger partial charge on any atom is 0.303 e. The Hall–Kier alpha value is -3.06. The summed E-state index contributed by atoms with van der Waals surface area (Å²) in [5.74, 6) is -2.26. The molecule has 3 heterocycles. The molecular formula is C18H22N4O8S. The number of hydrogen-bond donors (Lipinski definition) is 2. The molecule has 2 aliphatic heterocycles. The monoisotopic (exact) mass is 454 g/mol. The van der Waals surface area contributed by atoms with Gasteiger partial charge in [-0.25, -0.2) is 0 Å². The molecule has 1 aromatic heterocycles. The number of nitrogens with one attached hydrogen (secondary N) is 1. The number of nitrogens with two attached hydrogens (primary N) is 1. The van der Waals surface area contributed by atoms with Gasteiger partial charge in [0.2, 0.25) is 5.95 Å². The Morgan fingerprint density at radius 2 is 1.84 bits per heavy atom. The molecule has 0 spiro atoms. The minimum absolute atomic E-state index is 0.112. The number of nitrogens with zero attached hydrogens (tertiary/aromatic N) is 2. The molecule has 4 atom stereocenters. The van der Waals surface area contributed by atoms with Gasteiger partial charge in [0.1, 0.15) is 24.2 Å². The smallest absolute Gasteiger partial charge is 0.303 e. The lowest BCUT2D eigenvalue weighted by molar-refractivity contribution is -0.153. The third kappa shape index (κ3) is 4.82. The number of aromatic amines is 1. The third-order valence-electron chi connectivity index (χ3n) is 4.58. The Morgan fingerprint density at radius 3 is 2.45 bits per heavy atom. The zero-order valence-electron chi connectivity index (χ0n) is 17.1. The Bertz CT molecular complexity index is 980. The molecular weight excluding hydrogens is 432 g/mol. The number of ether oxygens (including phenoxy) is 4. The highest BCUT2D eigenvalue weighted by Gasteiger charge is 2.52. The quantitative estimate of drug-likeness (QED) is 0.442. The zero-order chi connectivity index (χ0) is 22.9. The molecule has 1 fully saturated rings. The number of carbonyl (C=O) groups excluding carboxylic acids is 3. The summed E-state index contributed by atoms with van der Waals surface area (Å²) in [6.45, 7) is 7.33. The van der Waals surface area contributed by atoms with E-state index in [4.69, 9.17) is 24.7 Å². The van der Waals surface area contributed by atoms with Gasteiger partial charge < -0.3 is 24.7 Å². The fourth-order valence-corrected chi connectivity index (χ4v) is 4.28. The molecule has 1 aromatic rings. The first kappa shape index (κ1) is 22.6. The number of hydrogen-bond acceptors (Lipinski definition) is 12. The van der Waals surface area contributed by atoms with Gasteiger partial charge in [0.25, 0.3) is 5.56 Å². The number of fused-ring (bicyclic) bond motifs is 1. The van der Waals surface area contributed by atoms with E-state index in [1.54, 1.807) is 0 Å². The van der Waals surface area contributed by atoms with E-state index in [2.05, 4.69) is 16.5 Å². The lowest BCUT2D eigenvalue weighted by Crippen LogP contribution is -2.44. The molecule has 0 aliphatic carbocycles. The fraction of sp³-hybridized carbons (Fsp3) is 0.500. The van der Waals surface area contributed by atoms with Crippen LogP contribution in [0.15, 0.2) is 21.3 Å². The van der Waals surface area contributed by atoms with E-state index >= 15 is 0 Å². The van der Waals surface area contributed by atoms with E-state index in [1.165, 1.54) is 25.7 Å². The second-order valence-corrected chi connectivity index (χ2v) is 7.96. The predicted molar refractivity (Wildman–Crippen MR) is 108 cm³/mol. The minimum Gasteiger partial charge on any atom is -0.465 e. The zero-order valence-corrected chi connectivity index (χ0v) is 17.9. The van der Waals surface area contributed by atoms with Gasteiger partial charge in [-0.1, -0.05) is 18.3 Å². The number of anilines is 2. The van der Waals surface area contributed by atoms with Gasteiger partial charge in [-0.15, -0.1) is 0 Å². The molecule has 0 unspecified atom stereocenters. The molecule has 0 aromatic carbocycles. The minimum atomic E-state index is -0.986. The lowest BCUT2D eigenvalue weighted by Gasteiger charge is -2.30. The molecule has 0 saturated carbocycles. The first-order valence-electron chi connectivity index (χ1n) is 9.23.